The van der Waals surface area contributed by atoms with Crippen molar-refractivity contribution in [3.8, 4) is 5.69 Å². The average molecular weight is 237 g/mol. The van der Waals surface area contributed by atoms with Gasteiger partial charge in [-0.1, -0.05) is 23.7 Å². The fourth-order valence-electron chi connectivity index (χ4n) is 1.69. The summed E-state index contributed by atoms with van der Waals surface area (Å²) in [5.41, 5.74) is 7.48. The average Bonchev–Trinajstić information content (AvgIpc) is 2.57. The van der Waals surface area contributed by atoms with Crippen LogP contribution in [0.4, 0.5) is 0 Å². The van der Waals surface area contributed by atoms with Gasteiger partial charge in [0.05, 0.1) is 10.7 Å². The number of nitrogens with zero attached hydrogens (tertiary/aromatic N) is 3. The van der Waals surface area contributed by atoms with Crippen molar-refractivity contribution in [1.29, 1.82) is 0 Å². The van der Waals surface area contributed by atoms with Gasteiger partial charge >= 0.3 is 0 Å². The number of benzene rings is 1. The van der Waals surface area contributed by atoms with Crippen LogP contribution in [-0.4, -0.2) is 14.8 Å². The Kier molecular flexibility index (Phi) is 2.94. The van der Waals surface area contributed by atoms with Crippen LogP contribution in [0.25, 0.3) is 5.69 Å². The van der Waals surface area contributed by atoms with E-state index >= 15 is 0 Å². The van der Waals surface area contributed by atoms with Crippen molar-refractivity contribution in [2.45, 2.75) is 20.4 Å². The Bertz CT molecular complexity index is 519. The SMILES string of the molecule is Cc1nc(C)n(-c2c(Cl)cccc2CN)n1. The molecule has 0 aliphatic heterocycles. The number of halogens is 1. The molecule has 0 fully saturated rings. The maximum Gasteiger partial charge on any atom is 0.148 e. The Morgan fingerprint density at radius 2 is 2.12 bits per heavy atom. The number of nitrogens with two attached hydrogens (primary N) is 1. The van der Waals surface area contributed by atoms with Crippen molar-refractivity contribution in [2.75, 3.05) is 0 Å². The lowest BCUT2D eigenvalue weighted by Crippen LogP contribution is -2.07. The minimum Gasteiger partial charge on any atom is -0.326 e. The highest BCUT2D eigenvalue weighted by Gasteiger charge is 2.12. The third kappa shape index (κ3) is 1.81. The van der Waals surface area contributed by atoms with E-state index in [-0.39, 0.29) is 0 Å². The quantitative estimate of drug-likeness (QED) is 0.868. The normalized spacial score (nSPS) is 10.8. The van der Waals surface area contributed by atoms with Gasteiger partial charge in [0.25, 0.3) is 0 Å². The van der Waals surface area contributed by atoms with Crippen LogP contribution in [0, 0.1) is 13.8 Å². The zero-order valence-electron chi connectivity index (χ0n) is 9.24. The van der Waals surface area contributed by atoms with Crippen LogP contribution in [0.1, 0.15) is 17.2 Å². The van der Waals surface area contributed by atoms with Crippen LogP contribution in [0.3, 0.4) is 0 Å². The highest BCUT2D eigenvalue weighted by molar-refractivity contribution is 6.32. The molecule has 4 nitrogen and oxygen atoms in total. The number of hydrogen-bond donors (Lipinski definition) is 1. The molecule has 5 heteroatoms. The van der Waals surface area contributed by atoms with Gasteiger partial charge in [-0.25, -0.2) is 9.67 Å². The van der Waals surface area contributed by atoms with Crippen molar-refractivity contribution in [3.05, 3.63) is 40.4 Å². The summed E-state index contributed by atoms with van der Waals surface area (Å²) in [5.74, 6) is 1.53. The molecule has 16 heavy (non-hydrogen) atoms. The Hall–Kier alpha value is -1.39. The standard InChI is InChI=1S/C11H13ClN4/c1-7-14-8(2)16(15-7)11-9(6-13)4-3-5-10(11)12/h3-5H,6,13H2,1-2H3. The molecular weight excluding hydrogens is 224 g/mol. The van der Waals surface area contributed by atoms with Crippen molar-refractivity contribution in [2.24, 2.45) is 5.73 Å². The van der Waals surface area contributed by atoms with Gasteiger partial charge in [0.2, 0.25) is 0 Å². The molecule has 1 aromatic carbocycles. The largest absolute Gasteiger partial charge is 0.326 e. The lowest BCUT2D eigenvalue weighted by molar-refractivity contribution is 0.815. The van der Waals surface area contributed by atoms with Gasteiger partial charge in [-0.05, 0) is 25.5 Å². The molecule has 2 aromatic rings. The van der Waals surface area contributed by atoms with Gasteiger partial charge in [-0.2, -0.15) is 5.10 Å². The van der Waals surface area contributed by atoms with Crippen LogP contribution in [0.15, 0.2) is 18.2 Å². The molecule has 2 rings (SSSR count). The third-order valence-corrected chi connectivity index (χ3v) is 2.68. The number of hydrogen-bond acceptors (Lipinski definition) is 3. The molecule has 0 bridgehead atoms. The molecule has 84 valence electrons. The lowest BCUT2D eigenvalue weighted by Gasteiger charge is -2.10. The van der Waals surface area contributed by atoms with E-state index in [9.17, 15) is 0 Å². The van der Waals surface area contributed by atoms with Crippen LogP contribution in [0.2, 0.25) is 5.02 Å². The van der Waals surface area contributed by atoms with Crippen LogP contribution >= 0.6 is 11.6 Å². The van der Waals surface area contributed by atoms with Gasteiger partial charge in [-0.3, -0.25) is 0 Å². The highest BCUT2D eigenvalue weighted by atomic mass is 35.5. The van der Waals surface area contributed by atoms with Gasteiger partial charge < -0.3 is 5.73 Å². The van der Waals surface area contributed by atoms with Crippen molar-refractivity contribution in [3.63, 3.8) is 0 Å². The maximum absolute atomic E-state index is 6.18. The molecule has 2 N–H and O–H groups in total. The molecule has 0 saturated heterocycles. The molecule has 0 amide bonds. The van der Waals surface area contributed by atoms with E-state index in [0.717, 1.165) is 22.9 Å². The van der Waals surface area contributed by atoms with E-state index in [1.165, 1.54) is 0 Å². The Morgan fingerprint density at radius 3 is 2.69 bits per heavy atom. The zero-order chi connectivity index (χ0) is 11.7. The van der Waals surface area contributed by atoms with Crippen molar-refractivity contribution >= 4 is 11.6 Å². The summed E-state index contributed by atoms with van der Waals surface area (Å²) in [5, 5.41) is 4.95. The van der Waals surface area contributed by atoms with Crippen molar-refractivity contribution < 1.29 is 0 Å². The van der Waals surface area contributed by atoms with Crippen molar-refractivity contribution in [1.82, 2.24) is 14.8 Å². The summed E-state index contributed by atoms with van der Waals surface area (Å²) in [6.45, 7) is 4.17. The summed E-state index contributed by atoms with van der Waals surface area (Å²) in [6, 6.07) is 5.65. The summed E-state index contributed by atoms with van der Waals surface area (Å²) < 4.78 is 1.74. The monoisotopic (exact) mass is 236 g/mol. The highest BCUT2D eigenvalue weighted by Crippen LogP contribution is 2.24. The van der Waals surface area contributed by atoms with Crippen LogP contribution < -0.4 is 5.73 Å². The second-order valence-corrected chi connectivity index (χ2v) is 3.98. The molecule has 0 spiro atoms. The second kappa shape index (κ2) is 4.23. The molecule has 0 saturated carbocycles. The molecule has 0 atom stereocenters. The first-order chi connectivity index (χ1) is 7.63. The molecular formula is C11H13ClN4. The van der Waals surface area contributed by atoms with E-state index in [4.69, 9.17) is 17.3 Å². The Labute approximate surface area is 99.1 Å². The van der Waals surface area contributed by atoms with E-state index < -0.39 is 0 Å². The minimum atomic E-state index is 0.425. The molecule has 1 heterocycles. The molecule has 0 unspecified atom stereocenters. The Morgan fingerprint density at radius 1 is 1.38 bits per heavy atom. The maximum atomic E-state index is 6.18. The number of rotatable bonds is 2. The van der Waals surface area contributed by atoms with Crippen LogP contribution in [-0.2, 0) is 6.54 Å². The first kappa shape index (κ1) is 11.1. The second-order valence-electron chi connectivity index (χ2n) is 3.57. The van der Waals surface area contributed by atoms with Gasteiger partial charge in [-0.15, -0.1) is 0 Å². The molecule has 1 aromatic heterocycles. The molecule has 0 aliphatic rings. The van der Waals surface area contributed by atoms with Gasteiger partial charge in [0.1, 0.15) is 11.6 Å². The summed E-state index contributed by atoms with van der Waals surface area (Å²) in [4.78, 5) is 4.26. The predicted octanol–water partition coefficient (Wildman–Crippen LogP) is 2.00. The topological polar surface area (TPSA) is 56.7 Å². The van der Waals surface area contributed by atoms with E-state index in [1.807, 2.05) is 32.0 Å². The Balaban J connectivity index is 2.67. The minimum absolute atomic E-state index is 0.425. The first-order valence-corrected chi connectivity index (χ1v) is 5.39. The van der Waals surface area contributed by atoms with Gasteiger partial charge in [0.15, 0.2) is 0 Å². The lowest BCUT2D eigenvalue weighted by atomic mass is 10.2. The van der Waals surface area contributed by atoms with Gasteiger partial charge in [0, 0.05) is 6.54 Å². The molecule has 0 radical (unpaired) electrons. The zero-order valence-corrected chi connectivity index (χ0v) is 9.99. The predicted molar refractivity (Wildman–Crippen MR) is 63.7 cm³/mol. The summed E-state index contributed by atoms with van der Waals surface area (Å²) in [7, 11) is 0. The summed E-state index contributed by atoms with van der Waals surface area (Å²) in [6.07, 6.45) is 0. The first-order valence-electron chi connectivity index (χ1n) is 5.01. The molecule has 0 aliphatic carbocycles. The number of para-hydroxylation sites is 1. The van der Waals surface area contributed by atoms with E-state index in [0.29, 0.717) is 11.6 Å². The fraction of sp³-hybridized carbons (Fsp3) is 0.273. The number of aromatic nitrogens is 3. The van der Waals surface area contributed by atoms with Crippen LogP contribution in [0.5, 0.6) is 0 Å². The smallest absolute Gasteiger partial charge is 0.148 e. The number of aryl methyl sites for hydroxylation is 2. The van der Waals surface area contributed by atoms with E-state index in [2.05, 4.69) is 10.1 Å². The third-order valence-electron chi connectivity index (χ3n) is 2.38. The fourth-order valence-corrected chi connectivity index (χ4v) is 1.97. The summed E-state index contributed by atoms with van der Waals surface area (Å²) >= 11 is 6.18. The van der Waals surface area contributed by atoms with E-state index in [1.54, 1.807) is 4.68 Å².